The van der Waals surface area contributed by atoms with Crippen molar-refractivity contribution >= 4 is 27.8 Å². The zero-order valence-corrected chi connectivity index (χ0v) is 15.1. The van der Waals surface area contributed by atoms with Crippen LogP contribution < -0.4 is 4.90 Å². The normalized spacial score (nSPS) is 20.7. The second-order valence-corrected chi connectivity index (χ2v) is 7.87. The SMILES string of the molecule is Cc1nc2c(cc1Br)CC1CN(C(=O)OC(C)(C)C)CCN21. The first-order valence-electron chi connectivity index (χ1n) is 7.65. The van der Waals surface area contributed by atoms with E-state index in [-0.39, 0.29) is 6.09 Å². The summed E-state index contributed by atoms with van der Waals surface area (Å²) in [5.74, 6) is 1.08. The first kappa shape index (κ1) is 15.6. The molecule has 1 amide bonds. The molecule has 1 atom stereocenters. The van der Waals surface area contributed by atoms with Gasteiger partial charge in [-0.3, -0.25) is 0 Å². The van der Waals surface area contributed by atoms with E-state index in [1.807, 2.05) is 32.6 Å². The first-order chi connectivity index (χ1) is 10.2. The van der Waals surface area contributed by atoms with E-state index in [0.717, 1.165) is 29.0 Å². The molecule has 22 heavy (non-hydrogen) atoms. The van der Waals surface area contributed by atoms with Crippen molar-refractivity contribution in [2.24, 2.45) is 0 Å². The number of halogens is 1. The predicted octanol–water partition coefficient (Wildman–Crippen LogP) is 3.13. The lowest BCUT2D eigenvalue weighted by Gasteiger charge is -2.39. The van der Waals surface area contributed by atoms with Gasteiger partial charge < -0.3 is 14.5 Å². The van der Waals surface area contributed by atoms with Gasteiger partial charge in [0.1, 0.15) is 11.4 Å². The summed E-state index contributed by atoms with van der Waals surface area (Å²) in [6.07, 6.45) is 0.717. The summed E-state index contributed by atoms with van der Waals surface area (Å²) in [5, 5.41) is 0. The third kappa shape index (κ3) is 2.93. The van der Waals surface area contributed by atoms with E-state index in [1.54, 1.807) is 0 Å². The lowest BCUT2D eigenvalue weighted by molar-refractivity contribution is 0.0217. The molecule has 3 rings (SSSR count). The Morgan fingerprint density at radius 2 is 2.14 bits per heavy atom. The molecule has 0 aliphatic carbocycles. The molecule has 0 N–H and O–H groups in total. The van der Waals surface area contributed by atoms with Gasteiger partial charge in [0.25, 0.3) is 0 Å². The van der Waals surface area contributed by atoms with E-state index in [1.165, 1.54) is 5.56 Å². The van der Waals surface area contributed by atoms with Gasteiger partial charge in [0.2, 0.25) is 0 Å². The van der Waals surface area contributed by atoms with Crippen LogP contribution in [0.5, 0.6) is 0 Å². The highest BCUT2D eigenvalue weighted by Crippen LogP contribution is 2.35. The minimum Gasteiger partial charge on any atom is -0.444 e. The van der Waals surface area contributed by atoms with Gasteiger partial charge in [-0.15, -0.1) is 0 Å². The Morgan fingerprint density at radius 3 is 2.82 bits per heavy atom. The van der Waals surface area contributed by atoms with E-state index in [4.69, 9.17) is 9.72 Å². The number of ether oxygens (including phenoxy) is 1. The maximum absolute atomic E-state index is 12.2. The molecule has 1 unspecified atom stereocenters. The second kappa shape index (κ2) is 5.41. The molecule has 1 fully saturated rings. The van der Waals surface area contributed by atoms with Crippen LogP contribution in [-0.2, 0) is 11.2 Å². The predicted molar refractivity (Wildman–Crippen MR) is 89.3 cm³/mol. The fourth-order valence-corrected chi connectivity index (χ4v) is 3.42. The van der Waals surface area contributed by atoms with E-state index in [9.17, 15) is 4.79 Å². The van der Waals surface area contributed by atoms with Gasteiger partial charge in [-0.2, -0.15) is 0 Å². The van der Waals surface area contributed by atoms with Crippen LogP contribution in [0.25, 0.3) is 0 Å². The van der Waals surface area contributed by atoms with Crippen LogP contribution in [0.15, 0.2) is 10.5 Å². The lowest BCUT2D eigenvalue weighted by Crippen LogP contribution is -2.54. The maximum Gasteiger partial charge on any atom is 0.410 e. The Hall–Kier alpha value is -1.30. The number of carbonyl (C=O) groups excluding carboxylic acids is 1. The van der Waals surface area contributed by atoms with Crippen molar-refractivity contribution < 1.29 is 9.53 Å². The number of hydrogen-bond acceptors (Lipinski definition) is 4. The van der Waals surface area contributed by atoms with Gasteiger partial charge in [0.05, 0.1) is 11.7 Å². The topological polar surface area (TPSA) is 45.7 Å². The molecule has 1 aromatic heterocycles. The van der Waals surface area contributed by atoms with Crippen LogP contribution in [0.4, 0.5) is 10.6 Å². The first-order valence-corrected chi connectivity index (χ1v) is 8.44. The third-order valence-electron chi connectivity index (χ3n) is 4.07. The Morgan fingerprint density at radius 1 is 1.41 bits per heavy atom. The number of nitrogens with zero attached hydrogens (tertiary/aromatic N) is 3. The Balaban J connectivity index is 1.73. The standard InChI is InChI=1S/C16H22BrN3O2/c1-10-13(17)8-11-7-12-9-19(15(21)22-16(2,3)4)5-6-20(12)14(11)18-10/h8,12H,5-7,9H2,1-4H3. The van der Waals surface area contributed by atoms with E-state index in [2.05, 4.69) is 26.9 Å². The fraction of sp³-hybridized carbons (Fsp3) is 0.625. The molecule has 6 heteroatoms. The number of amides is 1. The molecule has 120 valence electrons. The molecule has 2 aliphatic heterocycles. The fourth-order valence-electron chi connectivity index (χ4n) is 3.06. The molecule has 0 radical (unpaired) electrons. The molecule has 0 saturated carbocycles. The Kier molecular flexibility index (Phi) is 3.83. The van der Waals surface area contributed by atoms with Gasteiger partial charge in [0, 0.05) is 24.1 Å². The van der Waals surface area contributed by atoms with Crippen LogP contribution in [-0.4, -0.2) is 47.3 Å². The molecule has 1 aromatic rings. The summed E-state index contributed by atoms with van der Waals surface area (Å²) in [5.41, 5.74) is 1.82. The van der Waals surface area contributed by atoms with Crippen LogP contribution >= 0.6 is 15.9 Å². The summed E-state index contributed by atoms with van der Waals surface area (Å²) in [6, 6.07) is 2.46. The van der Waals surface area contributed by atoms with Crippen LogP contribution in [0.3, 0.4) is 0 Å². The highest BCUT2D eigenvalue weighted by atomic mass is 79.9. The average molecular weight is 368 g/mol. The summed E-state index contributed by atoms with van der Waals surface area (Å²) >= 11 is 3.55. The zero-order valence-electron chi connectivity index (χ0n) is 13.5. The largest absolute Gasteiger partial charge is 0.444 e. The number of fused-ring (bicyclic) bond motifs is 3. The number of hydrogen-bond donors (Lipinski definition) is 0. The van der Waals surface area contributed by atoms with Gasteiger partial charge in [-0.1, -0.05) is 0 Å². The molecule has 3 heterocycles. The van der Waals surface area contributed by atoms with E-state index >= 15 is 0 Å². The minimum absolute atomic E-state index is 0.214. The number of aryl methyl sites for hydroxylation is 1. The van der Waals surface area contributed by atoms with Crippen molar-refractivity contribution in [3.8, 4) is 0 Å². The van der Waals surface area contributed by atoms with Crippen molar-refractivity contribution in [3.05, 3.63) is 21.8 Å². The minimum atomic E-state index is -0.448. The third-order valence-corrected chi connectivity index (χ3v) is 4.87. The summed E-state index contributed by atoms with van der Waals surface area (Å²) in [6.45, 7) is 9.90. The highest BCUT2D eigenvalue weighted by molar-refractivity contribution is 9.10. The molecule has 1 saturated heterocycles. The van der Waals surface area contributed by atoms with Crippen molar-refractivity contribution in [1.29, 1.82) is 0 Å². The molecule has 2 aliphatic rings. The van der Waals surface area contributed by atoms with Crippen LogP contribution in [0.1, 0.15) is 32.0 Å². The second-order valence-electron chi connectivity index (χ2n) is 7.02. The number of rotatable bonds is 0. The Bertz CT molecular complexity index is 612. The summed E-state index contributed by atoms with van der Waals surface area (Å²) in [7, 11) is 0. The molecule has 0 aromatic carbocycles. The molecular weight excluding hydrogens is 346 g/mol. The van der Waals surface area contributed by atoms with E-state index in [0.29, 0.717) is 19.1 Å². The van der Waals surface area contributed by atoms with Crippen molar-refractivity contribution in [1.82, 2.24) is 9.88 Å². The maximum atomic E-state index is 12.2. The van der Waals surface area contributed by atoms with Crippen molar-refractivity contribution in [2.75, 3.05) is 24.5 Å². The number of carbonyl (C=O) groups is 1. The van der Waals surface area contributed by atoms with Gasteiger partial charge in [-0.05, 0) is 61.7 Å². The lowest BCUT2D eigenvalue weighted by atomic mass is 10.1. The average Bonchev–Trinajstić information content (AvgIpc) is 2.74. The molecule has 0 bridgehead atoms. The van der Waals surface area contributed by atoms with Crippen LogP contribution in [0.2, 0.25) is 0 Å². The highest BCUT2D eigenvalue weighted by Gasteiger charge is 2.38. The Labute approximate surface area is 139 Å². The number of piperazine rings is 1. The van der Waals surface area contributed by atoms with Crippen LogP contribution in [0, 0.1) is 6.92 Å². The molecule has 5 nitrogen and oxygen atoms in total. The summed E-state index contributed by atoms with van der Waals surface area (Å²) in [4.78, 5) is 21.1. The number of pyridine rings is 1. The van der Waals surface area contributed by atoms with Gasteiger partial charge in [-0.25, -0.2) is 9.78 Å². The zero-order chi connectivity index (χ0) is 16.1. The quantitative estimate of drug-likeness (QED) is 0.706. The smallest absolute Gasteiger partial charge is 0.410 e. The summed E-state index contributed by atoms with van der Waals surface area (Å²) < 4.78 is 6.54. The number of anilines is 1. The number of aromatic nitrogens is 1. The van der Waals surface area contributed by atoms with E-state index < -0.39 is 5.60 Å². The van der Waals surface area contributed by atoms with Crippen molar-refractivity contribution in [2.45, 2.75) is 45.8 Å². The van der Waals surface area contributed by atoms with Gasteiger partial charge >= 0.3 is 6.09 Å². The monoisotopic (exact) mass is 367 g/mol. The molecule has 0 spiro atoms. The van der Waals surface area contributed by atoms with Crippen molar-refractivity contribution in [3.63, 3.8) is 0 Å². The van der Waals surface area contributed by atoms with Gasteiger partial charge in [0.15, 0.2) is 0 Å². The molecular formula is C16H22BrN3O2.